The molecule has 104 valence electrons. The number of carboxylic acid groups (broad SMARTS) is 1. The Morgan fingerprint density at radius 1 is 1.22 bits per heavy atom. The van der Waals surface area contributed by atoms with Gasteiger partial charge in [-0.15, -0.1) is 0 Å². The number of piperidine rings is 1. The average molecular weight is 256 g/mol. The maximum Gasteiger partial charge on any atom is 0.326 e. The van der Waals surface area contributed by atoms with Gasteiger partial charge in [-0.1, -0.05) is 13.8 Å². The molecule has 0 aromatic rings. The molecule has 1 aliphatic heterocycles. The Labute approximate surface area is 109 Å². The molecule has 1 rings (SSSR count). The van der Waals surface area contributed by atoms with Crippen molar-refractivity contribution in [1.82, 2.24) is 10.2 Å². The minimum atomic E-state index is -0.976. The predicted octanol–water partition coefficient (Wildman–Crippen LogP) is 2.07. The molecule has 0 aromatic carbocycles. The van der Waals surface area contributed by atoms with Gasteiger partial charge in [-0.3, -0.25) is 0 Å². The highest BCUT2D eigenvalue weighted by Crippen LogP contribution is 2.22. The van der Waals surface area contributed by atoms with Gasteiger partial charge in [-0.25, -0.2) is 9.59 Å². The lowest BCUT2D eigenvalue weighted by molar-refractivity contribution is -0.140. The van der Waals surface area contributed by atoms with Gasteiger partial charge in [0.25, 0.3) is 0 Å². The smallest absolute Gasteiger partial charge is 0.326 e. The Bertz CT molecular complexity index is 307. The van der Waals surface area contributed by atoms with Gasteiger partial charge in [-0.2, -0.15) is 0 Å². The van der Waals surface area contributed by atoms with Gasteiger partial charge < -0.3 is 15.3 Å². The zero-order valence-electron chi connectivity index (χ0n) is 11.6. The molecule has 0 saturated carbocycles. The summed E-state index contributed by atoms with van der Waals surface area (Å²) in [5, 5.41) is 11.7. The minimum Gasteiger partial charge on any atom is -0.480 e. The minimum absolute atomic E-state index is 0.123. The highest BCUT2D eigenvalue weighted by molar-refractivity contribution is 5.83. The van der Waals surface area contributed by atoms with Crippen LogP contribution in [0.25, 0.3) is 0 Å². The number of aliphatic carboxylic acids is 1. The number of amides is 2. The lowest BCUT2D eigenvalue weighted by atomic mass is 9.98. The molecular formula is C13H24N2O3. The molecule has 5 heteroatoms. The van der Waals surface area contributed by atoms with E-state index in [2.05, 4.69) is 5.32 Å². The van der Waals surface area contributed by atoms with E-state index in [0.29, 0.717) is 0 Å². The number of carbonyl (C=O) groups excluding carboxylic acids is 1. The van der Waals surface area contributed by atoms with Gasteiger partial charge >= 0.3 is 12.0 Å². The number of likely N-dealkylation sites (tertiary alicyclic amines) is 1. The van der Waals surface area contributed by atoms with Crippen LogP contribution >= 0.6 is 0 Å². The third-order valence-corrected chi connectivity index (χ3v) is 3.64. The normalized spacial score (nSPS) is 25.9. The van der Waals surface area contributed by atoms with E-state index in [0.717, 1.165) is 19.3 Å². The SMILES string of the molecule is CC(C)[C@H](NC(=O)N1[C@H](C)CCC[C@@H]1C)C(=O)O. The lowest BCUT2D eigenvalue weighted by Crippen LogP contribution is -2.56. The fourth-order valence-corrected chi connectivity index (χ4v) is 2.54. The summed E-state index contributed by atoms with van der Waals surface area (Å²) in [6.45, 7) is 7.62. The topological polar surface area (TPSA) is 69.6 Å². The number of urea groups is 1. The average Bonchev–Trinajstić information content (AvgIpc) is 2.24. The summed E-state index contributed by atoms with van der Waals surface area (Å²) in [6, 6.07) is -0.722. The van der Waals surface area contributed by atoms with E-state index in [1.54, 1.807) is 18.7 Å². The number of carboxylic acids is 1. The number of nitrogens with one attached hydrogen (secondary N) is 1. The molecule has 2 amide bonds. The van der Waals surface area contributed by atoms with E-state index >= 15 is 0 Å². The maximum absolute atomic E-state index is 12.2. The van der Waals surface area contributed by atoms with Crippen molar-refractivity contribution in [3.63, 3.8) is 0 Å². The molecule has 0 bridgehead atoms. The van der Waals surface area contributed by atoms with Crippen LogP contribution in [0.4, 0.5) is 4.79 Å². The van der Waals surface area contributed by atoms with Crippen LogP contribution in [-0.2, 0) is 4.79 Å². The summed E-state index contributed by atoms with van der Waals surface area (Å²) in [5.74, 6) is -1.10. The van der Waals surface area contributed by atoms with Gasteiger partial charge in [-0.05, 0) is 39.0 Å². The van der Waals surface area contributed by atoms with Crippen LogP contribution in [0.1, 0.15) is 47.0 Å². The Morgan fingerprint density at radius 2 is 1.72 bits per heavy atom. The van der Waals surface area contributed by atoms with Crippen LogP contribution in [0.15, 0.2) is 0 Å². The lowest BCUT2D eigenvalue weighted by Gasteiger charge is -2.39. The summed E-state index contributed by atoms with van der Waals surface area (Å²) in [6.07, 6.45) is 3.09. The summed E-state index contributed by atoms with van der Waals surface area (Å²) in [4.78, 5) is 25.1. The molecule has 1 saturated heterocycles. The highest BCUT2D eigenvalue weighted by atomic mass is 16.4. The molecule has 0 radical (unpaired) electrons. The van der Waals surface area contributed by atoms with Crippen LogP contribution in [0.2, 0.25) is 0 Å². The zero-order valence-corrected chi connectivity index (χ0v) is 11.6. The summed E-state index contributed by atoms with van der Waals surface area (Å²) in [5.41, 5.74) is 0. The Hall–Kier alpha value is -1.26. The van der Waals surface area contributed by atoms with E-state index in [9.17, 15) is 9.59 Å². The number of hydrogen-bond acceptors (Lipinski definition) is 2. The van der Waals surface area contributed by atoms with Crippen molar-refractivity contribution in [3.05, 3.63) is 0 Å². The molecule has 1 fully saturated rings. The van der Waals surface area contributed by atoms with E-state index in [1.165, 1.54) is 0 Å². The van der Waals surface area contributed by atoms with Crippen LogP contribution in [0.3, 0.4) is 0 Å². The van der Waals surface area contributed by atoms with Gasteiger partial charge in [0.05, 0.1) is 0 Å². The van der Waals surface area contributed by atoms with Gasteiger partial charge in [0, 0.05) is 12.1 Å². The number of nitrogens with zero attached hydrogens (tertiary/aromatic N) is 1. The third-order valence-electron chi connectivity index (χ3n) is 3.64. The first-order valence-corrected chi connectivity index (χ1v) is 6.66. The zero-order chi connectivity index (χ0) is 13.9. The van der Waals surface area contributed by atoms with Crippen molar-refractivity contribution in [2.45, 2.75) is 65.1 Å². The second kappa shape index (κ2) is 6.07. The molecule has 0 aliphatic carbocycles. The van der Waals surface area contributed by atoms with Crippen molar-refractivity contribution < 1.29 is 14.7 Å². The van der Waals surface area contributed by atoms with E-state index in [-0.39, 0.29) is 24.0 Å². The maximum atomic E-state index is 12.2. The standard InChI is InChI=1S/C13H24N2O3/c1-8(2)11(12(16)17)14-13(18)15-9(3)6-5-7-10(15)4/h8-11H,5-7H2,1-4H3,(H,14,18)(H,16,17)/t9-,10+,11-/m0/s1. The van der Waals surface area contributed by atoms with Crippen LogP contribution in [0, 0.1) is 5.92 Å². The van der Waals surface area contributed by atoms with Gasteiger partial charge in [0.15, 0.2) is 0 Å². The molecule has 2 N–H and O–H groups in total. The van der Waals surface area contributed by atoms with Crippen molar-refractivity contribution >= 4 is 12.0 Å². The molecule has 5 nitrogen and oxygen atoms in total. The molecule has 0 aromatic heterocycles. The van der Waals surface area contributed by atoms with Crippen LogP contribution in [-0.4, -0.2) is 40.1 Å². The van der Waals surface area contributed by atoms with Gasteiger partial charge in [0.1, 0.15) is 6.04 Å². The van der Waals surface area contributed by atoms with Crippen molar-refractivity contribution in [1.29, 1.82) is 0 Å². The molecule has 1 heterocycles. The Kier molecular flexibility index (Phi) is 4.99. The third kappa shape index (κ3) is 3.37. The van der Waals surface area contributed by atoms with Crippen LogP contribution in [0.5, 0.6) is 0 Å². The number of rotatable bonds is 3. The predicted molar refractivity (Wildman–Crippen MR) is 69.4 cm³/mol. The van der Waals surface area contributed by atoms with Crippen molar-refractivity contribution in [2.75, 3.05) is 0 Å². The van der Waals surface area contributed by atoms with Crippen molar-refractivity contribution in [2.24, 2.45) is 5.92 Å². The largest absolute Gasteiger partial charge is 0.480 e. The molecule has 0 unspecified atom stereocenters. The Balaban J connectivity index is 2.70. The monoisotopic (exact) mass is 256 g/mol. The quantitative estimate of drug-likeness (QED) is 0.812. The Morgan fingerprint density at radius 3 is 2.11 bits per heavy atom. The first-order valence-electron chi connectivity index (χ1n) is 6.66. The first-order chi connectivity index (χ1) is 8.34. The fraction of sp³-hybridized carbons (Fsp3) is 0.846. The van der Waals surface area contributed by atoms with Gasteiger partial charge in [0.2, 0.25) is 0 Å². The summed E-state index contributed by atoms with van der Waals surface area (Å²) in [7, 11) is 0. The fourth-order valence-electron chi connectivity index (χ4n) is 2.54. The van der Waals surface area contributed by atoms with E-state index in [1.807, 2.05) is 13.8 Å². The van der Waals surface area contributed by atoms with E-state index in [4.69, 9.17) is 5.11 Å². The highest BCUT2D eigenvalue weighted by Gasteiger charge is 2.32. The second-order valence-corrected chi connectivity index (χ2v) is 5.55. The summed E-state index contributed by atoms with van der Waals surface area (Å²) < 4.78 is 0. The molecule has 0 spiro atoms. The molecule has 3 atom stereocenters. The number of carbonyl (C=O) groups is 2. The molecule has 18 heavy (non-hydrogen) atoms. The molecular weight excluding hydrogens is 232 g/mol. The first kappa shape index (κ1) is 14.8. The van der Waals surface area contributed by atoms with Crippen molar-refractivity contribution in [3.8, 4) is 0 Å². The van der Waals surface area contributed by atoms with Crippen LogP contribution < -0.4 is 5.32 Å². The second-order valence-electron chi connectivity index (χ2n) is 5.55. The van der Waals surface area contributed by atoms with E-state index < -0.39 is 12.0 Å². The number of hydrogen-bond donors (Lipinski definition) is 2. The molecule has 1 aliphatic rings. The summed E-state index contributed by atoms with van der Waals surface area (Å²) >= 11 is 0.